The molecule has 4 heteroatoms. The van der Waals surface area contributed by atoms with E-state index in [1.54, 1.807) is 0 Å². The van der Waals surface area contributed by atoms with Gasteiger partial charge in [0.15, 0.2) is 0 Å². The fourth-order valence-electron chi connectivity index (χ4n) is 6.32. The zero-order chi connectivity index (χ0) is 33.3. The summed E-state index contributed by atoms with van der Waals surface area (Å²) in [7, 11) is 0. The van der Waals surface area contributed by atoms with Crippen LogP contribution in [0.25, 0.3) is 0 Å². The average molecular weight is 631 g/mol. The molecule has 0 rings (SSSR count). The topological polar surface area (TPSA) is 74.6 Å². The fourth-order valence-corrected chi connectivity index (χ4v) is 6.32. The van der Waals surface area contributed by atoms with Crippen LogP contribution in [0, 0.1) is 5.41 Å². The van der Waals surface area contributed by atoms with Gasteiger partial charge in [-0.05, 0) is 64.2 Å². The Balaban J connectivity index is 4.11. The van der Waals surface area contributed by atoms with E-state index in [0.717, 1.165) is 64.2 Å². The summed E-state index contributed by atoms with van der Waals surface area (Å²) in [5.41, 5.74) is -1.48. The summed E-state index contributed by atoms with van der Waals surface area (Å²) in [6.45, 7) is 8.26. The van der Waals surface area contributed by atoms with Crippen LogP contribution in [0.15, 0.2) is 36.5 Å². The van der Waals surface area contributed by atoms with Crippen molar-refractivity contribution in [3.8, 4) is 0 Å². The number of carboxylic acids is 2. The van der Waals surface area contributed by atoms with Gasteiger partial charge >= 0.3 is 11.9 Å². The number of allylic oxidation sites excluding steroid dienone is 4. The molecule has 0 heterocycles. The first-order chi connectivity index (χ1) is 21.9. The molecule has 0 aromatic carbocycles. The first kappa shape index (κ1) is 43.2. The van der Waals surface area contributed by atoms with Crippen LogP contribution in [-0.2, 0) is 9.59 Å². The van der Waals surface area contributed by atoms with E-state index in [-0.39, 0.29) is 5.57 Å². The quantitative estimate of drug-likeness (QED) is 0.0415. The number of hydrogen-bond donors (Lipinski definition) is 2. The number of aliphatic carboxylic acids is 2. The Morgan fingerprint density at radius 2 is 0.733 bits per heavy atom. The Morgan fingerprint density at radius 3 is 1.00 bits per heavy atom. The minimum absolute atomic E-state index is 0.143. The van der Waals surface area contributed by atoms with E-state index in [4.69, 9.17) is 0 Å². The van der Waals surface area contributed by atoms with Gasteiger partial charge in [0, 0.05) is 5.57 Å². The molecular formula is C41H74O4. The van der Waals surface area contributed by atoms with Gasteiger partial charge in [-0.15, -0.1) is 0 Å². The molecule has 0 saturated carbocycles. The fraction of sp³-hybridized carbons (Fsp3) is 0.805. The Morgan fingerprint density at radius 1 is 0.467 bits per heavy atom. The molecule has 0 bridgehead atoms. The number of rotatable bonds is 35. The van der Waals surface area contributed by atoms with Crippen LogP contribution in [0.3, 0.4) is 0 Å². The summed E-state index contributed by atoms with van der Waals surface area (Å²) in [5, 5.41) is 19.8. The second kappa shape index (κ2) is 32.1. The summed E-state index contributed by atoms with van der Waals surface area (Å²) in [6.07, 6.45) is 43.6. The van der Waals surface area contributed by atoms with Gasteiger partial charge in [-0.2, -0.15) is 0 Å². The summed E-state index contributed by atoms with van der Waals surface area (Å²) in [4.78, 5) is 24.2. The van der Waals surface area contributed by atoms with Crippen molar-refractivity contribution in [3.63, 3.8) is 0 Å². The van der Waals surface area contributed by atoms with Gasteiger partial charge in [0.1, 0.15) is 0 Å². The summed E-state index contributed by atoms with van der Waals surface area (Å²) < 4.78 is 0. The van der Waals surface area contributed by atoms with Crippen molar-refractivity contribution in [1.82, 2.24) is 0 Å². The maximum Gasteiger partial charge on any atom is 0.332 e. The molecule has 45 heavy (non-hydrogen) atoms. The highest BCUT2D eigenvalue weighted by atomic mass is 16.4. The minimum Gasteiger partial charge on any atom is -0.481 e. The van der Waals surface area contributed by atoms with E-state index in [1.807, 2.05) is 0 Å². The van der Waals surface area contributed by atoms with Gasteiger partial charge in [0.2, 0.25) is 0 Å². The maximum absolute atomic E-state index is 12.4. The first-order valence-electron chi connectivity index (χ1n) is 19.4. The second-order valence-corrected chi connectivity index (χ2v) is 13.5. The van der Waals surface area contributed by atoms with Gasteiger partial charge in [-0.1, -0.05) is 173 Å². The van der Waals surface area contributed by atoms with Gasteiger partial charge in [0.25, 0.3) is 0 Å². The largest absolute Gasteiger partial charge is 0.481 e. The number of carboxylic acid groups (broad SMARTS) is 2. The monoisotopic (exact) mass is 631 g/mol. The average Bonchev–Trinajstić information content (AvgIpc) is 3.02. The van der Waals surface area contributed by atoms with Crippen molar-refractivity contribution in [2.24, 2.45) is 5.41 Å². The normalized spacial score (nSPS) is 12.0. The molecular weight excluding hydrogens is 556 g/mol. The third-order valence-electron chi connectivity index (χ3n) is 9.48. The predicted molar refractivity (Wildman–Crippen MR) is 195 cm³/mol. The third kappa shape index (κ3) is 25.0. The molecule has 0 aliphatic rings. The summed E-state index contributed by atoms with van der Waals surface area (Å²) >= 11 is 0. The smallest absolute Gasteiger partial charge is 0.332 e. The highest BCUT2D eigenvalue weighted by molar-refractivity contribution is 5.96. The van der Waals surface area contributed by atoms with Crippen molar-refractivity contribution >= 4 is 11.9 Å². The second-order valence-electron chi connectivity index (χ2n) is 13.5. The van der Waals surface area contributed by atoms with Gasteiger partial charge in [-0.25, -0.2) is 4.79 Å². The van der Waals surface area contributed by atoms with Gasteiger partial charge < -0.3 is 10.2 Å². The lowest BCUT2D eigenvalue weighted by Gasteiger charge is -2.30. The molecule has 0 unspecified atom stereocenters. The SMILES string of the molecule is C=C(C(=O)O)C(CCCCCCCC/C=C\CCCCCCCC)(CCCCCCCC/C=C\CCCCCCCC)C(=O)O. The molecule has 0 aliphatic carbocycles. The number of unbranched alkanes of at least 4 members (excludes halogenated alkanes) is 24. The van der Waals surface area contributed by atoms with E-state index in [2.05, 4.69) is 44.7 Å². The molecule has 0 aliphatic heterocycles. The Bertz CT molecular complexity index is 723. The Hall–Kier alpha value is -1.84. The summed E-state index contributed by atoms with van der Waals surface area (Å²) in [6, 6.07) is 0. The molecule has 0 spiro atoms. The van der Waals surface area contributed by atoms with Crippen LogP contribution in [0.4, 0.5) is 0 Å². The van der Waals surface area contributed by atoms with E-state index in [9.17, 15) is 19.8 Å². The predicted octanol–water partition coefficient (Wildman–Crippen LogP) is 13.6. The maximum atomic E-state index is 12.4. The van der Waals surface area contributed by atoms with Crippen LogP contribution >= 0.6 is 0 Å². The molecule has 0 atom stereocenters. The lowest BCUT2D eigenvalue weighted by Crippen LogP contribution is -2.36. The standard InChI is InChI=1S/C41H74O4/c1-4-6-8-10-12-14-16-18-20-22-24-26-28-30-32-34-36-41(40(44)45,38(3)39(42)43)37-35-33-31-29-27-25-23-21-19-17-15-13-11-9-7-5-2/h18-21H,3-17,22-37H2,1-2H3,(H,42,43)(H,44,45)/b20-18-,21-19-. The van der Waals surface area contributed by atoms with Crippen molar-refractivity contribution < 1.29 is 19.8 Å². The molecule has 0 aromatic rings. The molecule has 262 valence electrons. The first-order valence-corrected chi connectivity index (χ1v) is 19.4. The van der Waals surface area contributed by atoms with E-state index < -0.39 is 17.4 Å². The van der Waals surface area contributed by atoms with Crippen LogP contribution in [0.1, 0.15) is 206 Å². The number of carbonyl (C=O) groups is 2. The van der Waals surface area contributed by atoms with Gasteiger partial charge in [-0.3, -0.25) is 4.79 Å². The molecule has 2 N–H and O–H groups in total. The van der Waals surface area contributed by atoms with E-state index in [1.165, 1.54) is 116 Å². The molecule has 0 fully saturated rings. The van der Waals surface area contributed by atoms with Crippen LogP contribution in [0.2, 0.25) is 0 Å². The van der Waals surface area contributed by atoms with Crippen molar-refractivity contribution in [1.29, 1.82) is 0 Å². The molecule has 4 nitrogen and oxygen atoms in total. The van der Waals surface area contributed by atoms with Crippen molar-refractivity contribution in [2.45, 2.75) is 206 Å². The molecule has 0 aromatic heterocycles. The van der Waals surface area contributed by atoms with E-state index in [0.29, 0.717) is 12.8 Å². The molecule has 0 saturated heterocycles. The lowest BCUT2D eigenvalue weighted by atomic mass is 9.72. The molecule has 0 amide bonds. The van der Waals surface area contributed by atoms with Crippen molar-refractivity contribution in [3.05, 3.63) is 36.5 Å². The number of hydrogen-bond acceptors (Lipinski definition) is 2. The zero-order valence-corrected chi connectivity index (χ0v) is 29.9. The van der Waals surface area contributed by atoms with Crippen molar-refractivity contribution in [2.75, 3.05) is 0 Å². The van der Waals surface area contributed by atoms with Gasteiger partial charge in [0.05, 0.1) is 5.41 Å². The van der Waals surface area contributed by atoms with Crippen LogP contribution < -0.4 is 0 Å². The third-order valence-corrected chi connectivity index (χ3v) is 9.48. The Kier molecular flexibility index (Phi) is 30.8. The summed E-state index contributed by atoms with van der Waals surface area (Å²) in [5.74, 6) is -2.19. The van der Waals surface area contributed by atoms with E-state index >= 15 is 0 Å². The lowest BCUT2D eigenvalue weighted by molar-refractivity contribution is -0.151. The van der Waals surface area contributed by atoms with Crippen LogP contribution in [-0.4, -0.2) is 22.2 Å². The zero-order valence-electron chi connectivity index (χ0n) is 29.9. The highest BCUT2D eigenvalue weighted by Crippen LogP contribution is 2.39. The highest BCUT2D eigenvalue weighted by Gasteiger charge is 2.43. The molecule has 0 radical (unpaired) electrons. The Labute approximate surface area is 279 Å². The van der Waals surface area contributed by atoms with Crippen LogP contribution in [0.5, 0.6) is 0 Å². The minimum atomic E-state index is -1.34.